The Labute approximate surface area is 322 Å². The van der Waals surface area contributed by atoms with Crippen LogP contribution in [0.4, 0.5) is 0 Å². The first kappa shape index (κ1) is 50.1. The largest absolute Gasteiger partial charge is 0.394 e. The Hall–Kier alpha value is -0.890. The van der Waals surface area contributed by atoms with Crippen LogP contribution in [-0.2, 0) is 14.3 Å². The molecule has 0 aromatic carbocycles. The van der Waals surface area contributed by atoms with Crippen molar-refractivity contribution in [3.63, 3.8) is 0 Å². The molecule has 11 heteroatoms. The predicted molar refractivity (Wildman–Crippen MR) is 210 cm³/mol. The number of hydrogen-bond donors (Lipinski definition) is 8. The van der Waals surface area contributed by atoms with E-state index in [0.717, 1.165) is 38.5 Å². The number of ether oxygens (including phenoxy) is 2. The normalized spacial score (nSPS) is 22.8. The summed E-state index contributed by atoms with van der Waals surface area (Å²) in [4.78, 5) is 13.0. The number of hydrogen-bond acceptors (Lipinski definition) is 10. The van der Waals surface area contributed by atoms with E-state index in [2.05, 4.69) is 19.2 Å². The van der Waals surface area contributed by atoms with Crippen LogP contribution in [0.3, 0.4) is 0 Å². The van der Waals surface area contributed by atoms with Crippen molar-refractivity contribution in [3.05, 3.63) is 0 Å². The van der Waals surface area contributed by atoms with Gasteiger partial charge in [-0.15, -0.1) is 0 Å². The molecule has 0 aromatic rings. The molecule has 9 unspecified atom stereocenters. The monoisotopic (exact) mass is 762 g/mol. The molecule has 0 radical (unpaired) electrons. The molecule has 1 rings (SSSR count). The Morgan fingerprint density at radius 3 is 1.40 bits per heavy atom. The number of aliphatic hydroxyl groups excluding tert-OH is 7. The summed E-state index contributed by atoms with van der Waals surface area (Å²) in [5.41, 5.74) is 0. The maximum Gasteiger partial charge on any atom is 0.249 e. The second kappa shape index (κ2) is 33.3. The van der Waals surface area contributed by atoms with E-state index in [1.807, 2.05) is 0 Å². The van der Waals surface area contributed by atoms with Gasteiger partial charge in [-0.05, 0) is 12.8 Å². The molecule has 1 saturated heterocycles. The van der Waals surface area contributed by atoms with Crippen LogP contribution in [0.15, 0.2) is 0 Å². The van der Waals surface area contributed by atoms with Gasteiger partial charge in [-0.1, -0.05) is 181 Å². The third-order valence-corrected chi connectivity index (χ3v) is 10.9. The number of nitrogens with one attached hydrogen (secondary N) is 1. The third kappa shape index (κ3) is 23.7. The van der Waals surface area contributed by atoms with Crippen LogP contribution in [0.1, 0.15) is 194 Å². The smallest absolute Gasteiger partial charge is 0.249 e. The van der Waals surface area contributed by atoms with Crippen molar-refractivity contribution in [3.8, 4) is 0 Å². The van der Waals surface area contributed by atoms with Crippen LogP contribution in [0.25, 0.3) is 0 Å². The zero-order valence-electron chi connectivity index (χ0n) is 33.8. The summed E-state index contributed by atoms with van der Waals surface area (Å²) in [5, 5.41) is 75.3. The highest BCUT2D eigenvalue weighted by molar-refractivity contribution is 5.80. The van der Waals surface area contributed by atoms with Crippen molar-refractivity contribution in [1.82, 2.24) is 5.32 Å². The second-order valence-corrected chi connectivity index (χ2v) is 15.8. The molecule has 1 heterocycles. The lowest BCUT2D eigenvalue weighted by Gasteiger charge is -2.40. The molecule has 11 nitrogen and oxygen atoms in total. The van der Waals surface area contributed by atoms with Crippen LogP contribution in [-0.4, -0.2) is 110 Å². The fourth-order valence-corrected chi connectivity index (χ4v) is 7.20. The summed E-state index contributed by atoms with van der Waals surface area (Å²) in [6.07, 6.45) is 20.2. The predicted octanol–water partition coefficient (Wildman–Crippen LogP) is 6.33. The minimum Gasteiger partial charge on any atom is -0.394 e. The molecular formula is C42H83NO10. The summed E-state index contributed by atoms with van der Waals surface area (Å²) in [6.45, 7) is 3.41. The van der Waals surface area contributed by atoms with Crippen molar-refractivity contribution < 1.29 is 50.0 Å². The average molecular weight is 762 g/mol. The fourth-order valence-electron chi connectivity index (χ4n) is 7.20. The van der Waals surface area contributed by atoms with Crippen molar-refractivity contribution in [1.29, 1.82) is 0 Å². The van der Waals surface area contributed by atoms with E-state index in [1.165, 1.54) is 116 Å². The van der Waals surface area contributed by atoms with Crippen molar-refractivity contribution in [2.75, 3.05) is 13.2 Å². The van der Waals surface area contributed by atoms with E-state index in [4.69, 9.17) is 9.47 Å². The summed E-state index contributed by atoms with van der Waals surface area (Å²) < 4.78 is 11.0. The minimum atomic E-state index is -1.65. The van der Waals surface area contributed by atoms with Crippen LogP contribution in [0.5, 0.6) is 0 Å². The number of rotatable bonds is 36. The number of amides is 1. The molecule has 1 aliphatic rings. The SMILES string of the molecule is CCCCCCCCCCCCCCCCCCCC(O)C(=O)NC(COC1OC(CO)C(O)C(O)C1O)C(O)C(O)CCCCCCCCCCC. The lowest BCUT2D eigenvalue weighted by atomic mass is 9.98. The molecule has 9 atom stereocenters. The molecule has 316 valence electrons. The topological polar surface area (TPSA) is 189 Å². The van der Waals surface area contributed by atoms with Gasteiger partial charge in [0.2, 0.25) is 5.91 Å². The minimum absolute atomic E-state index is 0.266. The van der Waals surface area contributed by atoms with Gasteiger partial charge < -0.3 is 50.5 Å². The molecule has 1 aliphatic heterocycles. The van der Waals surface area contributed by atoms with Gasteiger partial charge in [-0.3, -0.25) is 4.79 Å². The fraction of sp³-hybridized carbons (Fsp3) is 0.976. The molecule has 0 aromatic heterocycles. The summed E-state index contributed by atoms with van der Waals surface area (Å²) in [6, 6.07) is -1.16. The Kier molecular flexibility index (Phi) is 31.5. The molecule has 0 bridgehead atoms. The lowest BCUT2D eigenvalue weighted by Crippen LogP contribution is -2.60. The molecule has 0 spiro atoms. The molecule has 53 heavy (non-hydrogen) atoms. The van der Waals surface area contributed by atoms with Crippen molar-refractivity contribution >= 4 is 5.91 Å². The maximum atomic E-state index is 13.0. The van der Waals surface area contributed by atoms with E-state index < -0.39 is 74.2 Å². The highest BCUT2D eigenvalue weighted by atomic mass is 16.7. The number of unbranched alkanes of at least 4 members (excludes halogenated alkanes) is 24. The zero-order valence-corrected chi connectivity index (χ0v) is 33.8. The Bertz CT molecular complexity index is 836. The van der Waals surface area contributed by atoms with Gasteiger partial charge in [0.15, 0.2) is 6.29 Å². The molecule has 0 saturated carbocycles. The van der Waals surface area contributed by atoms with Crippen LogP contribution >= 0.6 is 0 Å². The Balaban J connectivity index is 2.44. The van der Waals surface area contributed by atoms with E-state index in [-0.39, 0.29) is 6.42 Å². The van der Waals surface area contributed by atoms with Crippen molar-refractivity contribution in [2.24, 2.45) is 0 Å². The first-order valence-corrected chi connectivity index (χ1v) is 21.9. The third-order valence-electron chi connectivity index (χ3n) is 10.9. The summed E-state index contributed by atoms with van der Waals surface area (Å²) in [5.74, 6) is -0.696. The van der Waals surface area contributed by atoms with Gasteiger partial charge in [-0.25, -0.2) is 0 Å². The molecule has 0 aliphatic carbocycles. The zero-order chi connectivity index (χ0) is 39.1. The van der Waals surface area contributed by atoms with E-state index in [1.54, 1.807) is 0 Å². The number of carbonyl (C=O) groups excluding carboxylic acids is 1. The lowest BCUT2D eigenvalue weighted by molar-refractivity contribution is -0.303. The van der Waals surface area contributed by atoms with Gasteiger partial charge in [0.05, 0.1) is 25.4 Å². The molecule has 1 amide bonds. The summed E-state index contributed by atoms with van der Waals surface area (Å²) in [7, 11) is 0. The number of aliphatic hydroxyl groups is 7. The highest BCUT2D eigenvalue weighted by Crippen LogP contribution is 2.23. The first-order valence-electron chi connectivity index (χ1n) is 21.9. The van der Waals surface area contributed by atoms with Gasteiger partial charge in [0, 0.05) is 0 Å². The average Bonchev–Trinajstić information content (AvgIpc) is 3.16. The highest BCUT2D eigenvalue weighted by Gasteiger charge is 2.44. The Morgan fingerprint density at radius 2 is 0.981 bits per heavy atom. The van der Waals surface area contributed by atoms with E-state index >= 15 is 0 Å². The molecule has 8 N–H and O–H groups in total. The van der Waals surface area contributed by atoms with E-state index in [0.29, 0.717) is 19.3 Å². The van der Waals surface area contributed by atoms with Gasteiger partial charge in [-0.2, -0.15) is 0 Å². The molecule has 1 fully saturated rings. The standard InChI is InChI=1S/C42H83NO10/c1-3-5-7-9-11-13-14-15-16-17-18-19-20-22-24-26-28-30-35(46)41(51)43-33(32-52-42-40(50)39(49)38(48)36(31-44)53-42)37(47)34(45)29-27-25-23-21-12-10-8-6-4-2/h33-40,42,44-50H,3-32H2,1-2H3,(H,43,51). The van der Waals surface area contributed by atoms with E-state index in [9.17, 15) is 40.5 Å². The van der Waals surface area contributed by atoms with Crippen LogP contribution < -0.4 is 5.32 Å². The van der Waals surface area contributed by atoms with Crippen molar-refractivity contribution in [2.45, 2.75) is 249 Å². The van der Waals surface area contributed by atoms with Crippen LogP contribution in [0, 0.1) is 0 Å². The quantitative estimate of drug-likeness (QED) is 0.0335. The van der Waals surface area contributed by atoms with Crippen LogP contribution in [0.2, 0.25) is 0 Å². The molecular weight excluding hydrogens is 678 g/mol. The summed E-state index contributed by atoms with van der Waals surface area (Å²) >= 11 is 0. The maximum absolute atomic E-state index is 13.0. The van der Waals surface area contributed by atoms with Gasteiger partial charge in [0.25, 0.3) is 0 Å². The number of carbonyl (C=O) groups is 1. The first-order chi connectivity index (χ1) is 25.7. The van der Waals surface area contributed by atoms with Gasteiger partial charge >= 0.3 is 0 Å². The second-order valence-electron chi connectivity index (χ2n) is 15.8. The Morgan fingerprint density at radius 1 is 0.585 bits per heavy atom. The van der Waals surface area contributed by atoms with Gasteiger partial charge in [0.1, 0.15) is 36.6 Å².